The standard InChI is InChI=1S/C10H17N/c1-5-7-8-9(3)10(6-2)11-4/h5-8,11H,1-4H3/b7-5-,9-8-,10-6+. The minimum Gasteiger partial charge on any atom is -0.388 e. The van der Waals surface area contributed by atoms with Crippen molar-refractivity contribution in [3.05, 3.63) is 35.6 Å². The van der Waals surface area contributed by atoms with Gasteiger partial charge in [-0.2, -0.15) is 0 Å². The average molecular weight is 151 g/mol. The molecule has 0 aliphatic carbocycles. The first kappa shape index (κ1) is 10.0. The minimum atomic E-state index is 1.18. The summed E-state index contributed by atoms with van der Waals surface area (Å²) in [5.41, 5.74) is 2.44. The summed E-state index contributed by atoms with van der Waals surface area (Å²) < 4.78 is 0. The number of likely N-dealkylation sites (N-methyl/N-ethyl adjacent to an activating group) is 1. The van der Waals surface area contributed by atoms with Crippen LogP contribution in [-0.4, -0.2) is 7.05 Å². The van der Waals surface area contributed by atoms with Crippen LogP contribution in [-0.2, 0) is 0 Å². The summed E-state index contributed by atoms with van der Waals surface area (Å²) in [6.07, 6.45) is 8.21. The SMILES string of the molecule is C\C=C/C=C(C)\C(=C/C)NC. The highest BCUT2D eigenvalue weighted by Gasteiger charge is 1.91. The van der Waals surface area contributed by atoms with E-state index in [0.29, 0.717) is 0 Å². The molecule has 0 radical (unpaired) electrons. The van der Waals surface area contributed by atoms with E-state index in [-0.39, 0.29) is 0 Å². The monoisotopic (exact) mass is 151 g/mol. The number of hydrogen-bond donors (Lipinski definition) is 1. The van der Waals surface area contributed by atoms with Gasteiger partial charge in [0.1, 0.15) is 0 Å². The zero-order chi connectivity index (χ0) is 8.69. The molecule has 0 aliphatic heterocycles. The van der Waals surface area contributed by atoms with E-state index >= 15 is 0 Å². The van der Waals surface area contributed by atoms with Gasteiger partial charge in [-0.25, -0.2) is 0 Å². The maximum Gasteiger partial charge on any atom is 0.0323 e. The lowest BCUT2D eigenvalue weighted by Crippen LogP contribution is -2.05. The van der Waals surface area contributed by atoms with Crippen LogP contribution in [0.2, 0.25) is 0 Å². The van der Waals surface area contributed by atoms with E-state index in [9.17, 15) is 0 Å². The Bertz CT molecular complexity index is 185. The third-order valence-electron chi connectivity index (χ3n) is 1.52. The number of allylic oxidation sites excluding steroid dienone is 5. The van der Waals surface area contributed by atoms with E-state index < -0.39 is 0 Å². The first-order valence-electron chi connectivity index (χ1n) is 3.90. The normalized spacial score (nSPS) is 14.2. The molecule has 0 aliphatic rings. The Morgan fingerprint density at radius 2 is 1.91 bits per heavy atom. The fourth-order valence-electron chi connectivity index (χ4n) is 0.900. The van der Waals surface area contributed by atoms with E-state index in [4.69, 9.17) is 0 Å². The summed E-state index contributed by atoms with van der Waals surface area (Å²) in [7, 11) is 1.93. The topological polar surface area (TPSA) is 12.0 Å². The van der Waals surface area contributed by atoms with Crippen molar-refractivity contribution in [3.63, 3.8) is 0 Å². The zero-order valence-corrected chi connectivity index (χ0v) is 7.81. The molecule has 0 bridgehead atoms. The third kappa shape index (κ3) is 3.66. The first-order valence-corrected chi connectivity index (χ1v) is 3.90. The molecule has 0 heterocycles. The Morgan fingerprint density at radius 1 is 1.27 bits per heavy atom. The largest absolute Gasteiger partial charge is 0.388 e. The van der Waals surface area contributed by atoms with E-state index in [2.05, 4.69) is 24.4 Å². The molecule has 0 aromatic heterocycles. The van der Waals surface area contributed by atoms with Crippen LogP contribution >= 0.6 is 0 Å². The molecule has 0 saturated carbocycles. The van der Waals surface area contributed by atoms with Crippen molar-refractivity contribution in [2.45, 2.75) is 20.8 Å². The van der Waals surface area contributed by atoms with Gasteiger partial charge in [-0.05, 0) is 26.3 Å². The molecule has 0 aromatic rings. The Kier molecular flexibility index (Phi) is 5.26. The van der Waals surface area contributed by atoms with Gasteiger partial charge in [0.25, 0.3) is 0 Å². The molecule has 1 heteroatoms. The summed E-state index contributed by atoms with van der Waals surface area (Å²) in [6, 6.07) is 0. The van der Waals surface area contributed by atoms with Crippen LogP contribution in [0.5, 0.6) is 0 Å². The van der Waals surface area contributed by atoms with Crippen LogP contribution in [0.1, 0.15) is 20.8 Å². The molecule has 0 spiro atoms. The molecule has 1 nitrogen and oxygen atoms in total. The van der Waals surface area contributed by atoms with Crippen molar-refractivity contribution in [1.82, 2.24) is 5.32 Å². The van der Waals surface area contributed by atoms with Crippen molar-refractivity contribution in [2.75, 3.05) is 7.05 Å². The first-order chi connectivity index (χ1) is 5.26. The summed E-state index contributed by atoms with van der Waals surface area (Å²) in [4.78, 5) is 0. The predicted octanol–water partition coefficient (Wildman–Crippen LogP) is 2.63. The van der Waals surface area contributed by atoms with E-state index in [1.807, 2.05) is 33.0 Å². The fraction of sp³-hybridized carbons (Fsp3) is 0.400. The minimum absolute atomic E-state index is 1.18. The van der Waals surface area contributed by atoms with Crippen LogP contribution in [0.3, 0.4) is 0 Å². The van der Waals surface area contributed by atoms with E-state index in [1.54, 1.807) is 0 Å². The maximum atomic E-state index is 3.12. The lowest BCUT2D eigenvalue weighted by atomic mass is 10.2. The highest BCUT2D eigenvalue weighted by Crippen LogP contribution is 2.04. The van der Waals surface area contributed by atoms with Gasteiger partial charge in [-0.3, -0.25) is 0 Å². The van der Waals surface area contributed by atoms with E-state index in [0.717, 1.165) is 0 Å². The van der Waals surface area contributed by atoms with Crippen LogP contribution in [0.15, 0.2) is 35.6 Å². The molecule has 1 N–H and O–H groups in total. The number of rotatable bonds is 3. The van der Waals surface area contributed by atoms with Crippen LogP contribution in [0, 0.1) is 0 Å². The molecule has 0 saturated heterocycles. The average Bonchev–Trinajstić information content (AvgIpc) is 2.03. The highest BCUT2D eigenvalue weighted by atomic mass is 14.8. The molecular formula is C10H17N. The lowest BCUT2D eigenvalue weighted by Gasteiger charge is -2.04. The quantitative estimate of drug-likeness (QED) is 0.611. The summed E-state index contributed by atoms with van der Waals surface area (Å²) in [6.45, 7) is 6.13. The van der Waals surface area contributed by atoms with Gasteiger partial charge in [-0.1, -0.05) is 24.3 Å². The second-order valence-corrected chi connectivity index (χ2v) is 2.33. The smallest absolute Gasteiger partial charge is 0.0323 e. The van der Waals surface area contributed by atoms with Gasteiger partial charge in [-0.15, -0.1) is 0 Å². The molecule has 0 unspecified atom stereocenters. The second kappa shape index (κ2) is 5.78. The molecule has 0 atom stereocenters. The Morgan fingerprint density at radius 3 is 2.27 bits per heavy atom. The summed E-state index contributed by atoms with van der Waals surface area (Å²) >= 11 is 0. The van der Waals surface area contributed by atoms with Crippen molar-refractivity contribution in [1.29, 1.82) is 0 Å². The Balaban J connectivity index is 4.32. The molecule has 62 valence electrons. The van der Waals surface area contributed by atoms with Gasteiger partial charge in [0, 0.05) is 12.7 Å². The van der Waals surface area contributed by atoms with Gasteiger partial charge >= 0.3 is 0 Å². The molecule has 0 rings (SSSR count). The number of hydrogen-bond acceptors (Lipinski definition) is 1. The maximum absolute atomic E-state index is 3.12. The van der Waals surface area contributed by atoms with Crippen molar-refractivity contribution in [2.24, 2.45) is 0 Å². The van der Waals surface area contributed by atoms with Gasteiger partial charge in [0.2, 0.25) is 0 Å². The van der Waals surface area contributed by atoms with Crippen LogP contribution in [0.4, 0.5) is 0 Å². The third-order valence-corrected chi connectivity index (χ3v) is 1.52. The van der Waals surface area contributed by atoms with Gasteiger partial charge in [0.05, 0.1) is 0 Å². The molecule has 0 fully saturated rings. The van der Waals surface area contributed by atoms with Crippen molar-refractivity contribution in [3.8, 4) is 0 Å². The van der Waals surface area contributed by atoms with E-state index in [1.165, 1.54) is 11.3 Å². The molecule has 0 aromatic carbocycles. The second-order valence-electron chi connectivity index (χ2n) is 2.33. The van der Waals surface area contributed by atoms with Crippen LogP contribution < -0.4 is 5.32 Å². The fourth-order valence-corrected chi connectivity index (χ4v) is 0.900. The van der Waals surface area contributed by atoms with Crippen LogP contribution in [0.25, 0.3) is 0 Å². The zero-order valence-electron chi connectivity index (χ0n) is 7.81. The number of nitrogens with one attached hydrogen (secondary N) is 1. The molecular weight excluding hydrogens is 134 g/mol. The highest BCUT2D eigenvalue weighted by molar-refractivity contribution is 5.29. The van der Waals surface area contributed by atoms with Crippen molar-refractivity contribution < 1.29 is 0 Å². The summed E-state index contributed by atoms with van der Waals surface area (Å²) in [5.74, 6) is 0. The predicted molar refractivity (Wildman–Crippen MR) is 51.4 cm³/mol. The van der Waals surface area contributed by atoms with Gasteiger partial charge < -0.3 is 5.32 Å². The Hall–Kier alpha value is -0.980. The van der Waals surface area contributed by atoms with Gasteiger partial charge in [0.15, 0.2) is 0 Å². The molecule has 11 heavy (non-hydrogen) atoms. The summed E-state index contributed by atoms with van der Waals surface area (Å²) in [5, 5.41) is 3.12. The van der Waals surface area contributed by atoms with Crippen molar-refractivity contribution >= 4 is 0 Å². The molecule has 0 amide bonds. The lowest BCUT2D eigenvalue weighted by molar-refractivity contribution is 0.993. The Labute approximate surface area is 69.5 Å².